The normalized spacial score (nSPS) is 11.6. The van der Waals surface area contributed by atoms with Crippen molar-refractivity contribution < 1.29 is 36.3 Å². The number of alkyl halides is 3. The van der Waals surface area contributed by atoms with Crippen LogP contribution in [0.2, 0.25) is 0 Å². The number of nitrogens with one attached hydrogen (secondary N) is 2. The fourth-order valence-electron chi connectivity index (χ4n) is 3.12. The van der Waals surface area contributed by atoms with E-state index in [1.165, 1.54) is 48.5 Å². The van der Waals surface area contributed by atoms with Crippen LogP contribution in [0.25, 0.3) is 0 Å². The van der Waals surface area contributed by atoms with E-state index in [0.717, 1.165) is 18.2 Å². The van der Waals surface area contributed by atoms with E-state index in [1.807, 2.05) is 0 Å². The van der Waals surface area contributed by atoms with Gasteiger partial charge in [0.1, 0.15) is 0 Å². The van der Waals surface area contributed by atoms with E-state index >= 15 is 0 Å². The van der Waals surface area contributed by atoms with Crippen molar-refractivity contribution in [2.45, 2.75) is 23.7 Å². The van der Waals surface area contributed by atoms with Gasteiger partial charge < -0.3 is 15.7 Å². The molecule has 0 bridgehead atoms. The number of carboxylic acid groups (broad SMARTS) is 1. The molecule has 0 atom stereocenters. The van der Waals surface area contributed by atoms with Crippen molar-refractivity contribution in [3.05, 3.63) is 89.0 Å². The maximum Gasteiger partial charge on any atom is 0.416 e. The van der Waals surface area contributed by atoms with Gasteiger partial charge in [-0.3, -0.25) is 0 Å². The number of carbonyl (C=O) groups excluding carboxylic acids is 1. The Morgan fingerprint density at radius 2 is 1.53 bits per heavy atom. The van der Waals surface area contributed by atoms with Crippen LogP contribution in [0, 0.1) is 6.92 Å². The highest BCUT2D eigenvalue weighted by atomic mass is 32.2. The molecule has 0 unspecified atom stereocenters. The van der Waals surface area contributed by atoms with Crippen molar-refractivity contribution in [2.75, 3.05) is 10.6 Å². The number of carboxylic acids is 1. The number of rotatable bonds is 6. The molecule has 0 radical (unpaired) electrons. The first-order valence-corrected chi connectivity index (χ1v) is 11.4. The monoisotopic (exact) mass is 492 g/mol. The maximum atomic E-state index is 13.0. The summed E-state index contributed by atoms with van der Waals surface area (Å²) in [6.07, 6.45) is -4.57. The third-order valence-corrected chi connectivity index (χ3v) is 6.61. The minimum Gasteiger partial charge on any atom is -0.478 e. The van der Waals surface area contributed by atoms with Crippen LogP contribution < -0.4 is 10.6 Å². The van der Waals surface area contributed by atoms with Crippen LogP contribution in [0.15, 0.2) is 71.6 Å². The number of hydrogen-bond donors (Lipinski definition) is 3. The van der Waals surface area contributed by atoms with Crippen molar-refractivity contribution in [1.29, 1.82) is 0 Å². The van der Waals surface area contributed by atoms with E-state index in [0.29, 0.717) is 11.1 Å². The number of urea groups is 1. The first-order chi connectivity index (χ1) is 15.8. The SMILES string of the molecule is Cc1ccc(NC(=O)Nc2cccc(C(F)(F)F)c2)cc1S(=O)(=O)Cc1ccc(C(=O)O)cc1. The van der Waals surface area contributed by atoms with Crippen LogP contribution in [-0.4, -0.2) is 25.5 Å². The Balaban J connectivity index is 1.76. The van der Waals surface area contributed by atoms with Crippen LogP contribution >= 0.6 is 0 Å². The van der Waals surface area contributed by atoms with E-state index in [4.69, 9.17) is 5.11 Å². The smallest absolute Gasteiger partial charge is 0.416 e. The molecule has 0 aromatic heterocycles. The van der Waals surface area contributed by atoms with Gasteiger partial charge in [0.05, 0.1) is 21.8 Å². The first-order valence-electron chi connectivity index (χ1n) is 9.76. The van der Waals surface area contributed by atoms with Crippen molar-refractivity contribution in [1.82, 2.24) is 0 Å². The third-order valence-electron chi connectivity index (χ3n) is 4.79. The molecule has 0 saturated heterocycles. The van der Waals surface area contributed by atoms with Crippen LogP contribution in [0.3, 0.4) is 0 Å². The van der Waals surface area contributed by atoms with Gasteiger partial charge in [-0.15, -0.1) is 0 Å². The Bertz CT molecular complexity index is 1340. The third kappa shape index (κ3) is 6.13. The number of benzene rings is 3. The standard InChI is InChI=1S/C23H19F3N2O5S/c1-14-5-10-19(28-22(31)27-18-4-2-3-17(11-18)23(24,25)26)12-20(14)34(32,33)13-15-6-8-16(9-7-15)21(29)30/h2-12H,13H2,1H3,(H,29,30)(H2,27,28,31). The molecule has 3 aromatic carbocycles. The minimum atomic E-state index is -4.57. The molecule has 178 valence electrons. The zero-order valence-corrected chi connectivity index (χ0v) is 18.5. The molecule has 7 nitrogen and oxygen atoms in total. The topological polar surface area (TPSA) is 113 Å². The molecule has 3 aromatic rings. The lowest BCUT2D eigenvalue weighted by Gasteiger charge is -2.13. The van der Waals surface area contributed by atoms with Crippen molar-refractivity contribution in [2.24, 2.45) is 0 Å². The predicted octanol–water partition coefficient (Wildman–Crippen LogP) is 5.33. The molecule has 2 amide bonds. The van der Waals surface area contributed by atoms with Crippen LogP contribution in [-0.2, 0) is 21.8 Å². The molecule has 0 aliphatic carbocycles. The highest BCUT2D eigenvalue weighted by Crippen LogP contribution is 2.31. The zero-order valence-electron chi connectivity index (χ0n) is 17.7. The molecule has 34 heavy (non-hydrogen) atoms. The van der Waals surface area contributed by atoms with Crippen LogP contribution in [0.1, 0.15) is 27.0 Å². The number of aromatic carboxylic acids is 1. The first kappa shape index (κ1) is 24.8. The average Bonchev–Trinajstić information content (AvgIpc) is 2.74. The summed E-state index contributed by atoms with van der Waals surface area (Å²) in [6, 6.07) is 12.8. The minimum absolute atomic E-state index is 0.0234. The second-order valence-electron chi connectivity index (χ2n) is 7.40. The zero-order chi connectivity index (χ0) is 25.1. The van der Waals surface area contributed by atoms with Gasteiger partial charge in [0.2, 0.25) is 0 Å². The van der Waals surface area contributed by atoms with Gasteiger partial charge in [-0.05, 0) is 60.5 Å². The summed E-state index contributed by atoms with van der Waals surface area (Å²) in [5.41, 5.74) is -0.0660. The average molecular weight is 492 g/mol. The number of halogens is 3. The molecule has 0 spiro atoms. The summed E-state index contributed by atoms with van der Waals surface area (Å²) >= 11 is 0. The fraction of sp³-hybridized carbons (Fsp3) is 0.130. The summed E-state index contributed by atoms with van der Waals surface area (Å²) in [5, 5.41) is 13.7. The Morgan fingerprint density at radius 1 is 0.912 bits per heavy atom. The van der Waals surface area contributed by atoms with Crippen molar-refractivity contribution in [3.63, 3.8) is 0 Å². The second-order valence-corrected chi connectivity index (χ2v) is 9.36. The van der Waals surface area contributed by atoms with Crippen molar-refractivity contribution >= 4 is 33.2 Å². The van der Waals surface area contributed by atoms with Crippen molar-refractivity contribution in [3.8, 4) is 0 Å². The maximum absolute atomic E-state index is 13.0. The molecule has 0 heterocycles. The molecule has 3 N–H and O–H groups in total. The quantitative estimate of drug-likeness (QED) is 0.431. The van der Waals surface area contributed by atoms with E-state index in [-0.39, 0.29) is 21.8 Å². The second kappa shape index (κ2) is 9.56. The van der Waals surface area contributed by atoms with E-state index < -0.39 is 39.3 Å². The van der Waals surface area contributed by atoms with Crippen LogP contribution in [0.4, 0.5) is 29.3 Å². The summed E-state index contributed by atoms with van der Waals surface area (Å²) in [5.74, 6) is -1.53. The predicted molar refractivity (Wildman–Crippen MR) is 120 cm³/mol. The lowest BCUT2D eigenvalue weighted by Crippen LogP contribution is -2.20. The van der Waals surface area contributed by atoms with Gasteiger partial charge in [-0.1, -0.05) is 24.3 Å². The Labute approximate surface area is 193 Å². The molecule has 11 heteroatoms. The number of carbonyl (C=O) groups is 2. The number of sulfone groups is 1. The summed E-state index contributed by atoms with van der Waals surface area (Å²) in [7, 11) is -3.86. The van der Waals surface area contributed by atoms with E-state index in [9.17, 15) is 31.2 Å². The molecule has 0 aliphatic heterocycles. The van der Waals surface area contributed by atoms with E-state index in [2.05, 4.69) is 10.6 Å². The molecule has 3 rings (SSSR count). The van der Waals surface area contributed by atoms with E-state index in [1.54, 1.807) is 6.92 Å². The Kier molecular flexibility index (Phi) is 6.96. The molecular formula is C23H19F3N2O5S. The summed E-state index contributed by atoms with van der Waals surface area (Å²) in [4.78, 5) is 23.2. The van der Waals surface area contributed by atoms with Crippen LogP contribution in [0.5, 0.6) is 0 Å². The molecular weight excluding hydrogens is 473 g/mol. The Morgan fingerprint density at radius 3 is 2.12 bits per heavy atom. The van der Waals surface area contributed by atoms with Gasteiger partial charge in [0.15, 0.2) is 9.84 Å². The highest BCUT2D eigenvalue weighted by molar-refractivity contribution is 7.90. The number of hydrogen-bond acceptors (Lipinski definition) is 4. The summed E-state index contributed by atoms with van der Waals surface area (Å²) < 4.78 is 64.4. The lowest BCUT2D eigenvalue weighted by molar-refractivity contribution is -0.137. The molecule has 0 saturated carbocycles. The number of amides is 2. The van der Waals surface area contributed by atoms with Gasteiger partial charge >= 0.3 is 18.2 Å². The van der Waals surface area contributed by atoms with Gasteiger partial charge in [-0.2, -0.15) is 13.2 Å². The number of anilines is 2. The largest absolute Gasteiger partial charge is 0.478 e. The van der Waals surface area contributed by atoms with Gasteiger partial charge in [0, 0.05) is 11.4 Å². The Hall–Kier alpha value is -3.86. The fourth-order valence-corrected chi connectivity index (χ4v) is 4.77. The highest BCUT2D eigenvalue weighted by Gasteiger charge is 2.30. The molecule has 0 aliphatic rings. The number of aryl methyl sites for hydroxylation is 1. The summed E-state index contributed by atoms with van der Waals surface area (Å²) in [6.45, 7) is 1.58. The van der Waals surface area contributed by atoms with Gasteiger partial charge in [0.25, 0.3) is 0 Å². The van der Waals surface area contributed by atoms with Gasteiger partial charge in [-0.25, -0.2) is 18.0 Å². The molecule has 0 fully saturated rings. The lowest BCUT2D eigenvalue weighted by atomic mass is 10.1.